The normalized spacial score (nSPS) is 13.6. The van der Waals surface area contributed by atoms with Crippen LogP contribution in [0.2, 0.25) is 0 Å². The minimum atomic E-state index is -0.860. The molecule has 0 saturated carbocycles. The number of carbonyl (C=O) groups is 2. The third-order valence-corrected chi connectivity index (χ3v) is 5.08. The van der Waals surface area contributed by atoms with Crippen molar-refractivity contribution in [3.63, 3.8) is 0 Å². The second-order valence-electron chi connectivity index (χ2n) is 5.12. The number of hydrogen-bond acceptors (Lipinski definition) is 5. The molecule has 0 radical (unpaired) electrons. The van der Waals surface area contributed by atoms with Crippen molar-refractivity contribution in [1.82, 2.24) is 0 Å². The van der Waals surface area contributed by atoms with E-state index in [1.807, 2.05) is 51.1 Å². The lowest BCUT2D eigenvalue weighted by Crippen LogP contribution is -2.20. The fourth-order valence-corrected chi connectivity index (χ4v) is 3.34. The Labute approximate surface area is 140 Å². The van der Waals surface area contributed by atoms with Crippen molar-refractivity contribution in [1.29, 1.82) is 0 Å². The number of thioether (sulfide) groups is 2. The molecule has 0 aliphatic heterocycles. The molecule has 0 amide bonds. The second kappa shape index (κ2) is 9.79. The molecule has 0 fully saturated rings. The molecule has 22 heavy (non-hydrogen) atoms. The van der Waals surface area contributed by atoms with Crippen LogP contribution in [0.5, 0.6) is 0 Å². The molecule has 2 unspecified atom stereocenters. The standard InChI is InChI=1S/C16H22O4S2/c1-11(2)22-15(13-7-5-4-6-8-13)16(19)20-9-12(3)21-10-14(17)18/h4-8,11-12,15H,9-10H2,1-3H3,(H,17,18). The van der Waals surface area contributed by atoms with E-state index in [0.717, 1.165) is 5.56 Å². The van der Waals surface area contributed by atoms with E-state index < -0.39 is 5.97 Å². The third kappa shape index (κ3) is 7.22. The molecule has 0 aliphatic rings. The summed E-state index contributed by atoms with van der Waals surface area (Å²) in [4.78, 5) is 22.9. The highest BCUT2D eigenvalue weighted by molar-refractivity contribution is 8.00. The maximum Gasteiger partial charge on any atom is 0.323 e. The first kappa shape index (κ1) is 18.9. The summed E-state index contributed by atoms with van der Waals surface area (Å²) in [5.74, 6) is -1.12. The Balaban J connectivity index is 2.59. The highest BCUT2D eigenvalue weighted by Gasteiger charge is 2.24. The van der Waals surface area contributed by atoms with Gasteiger partial charge in [-0.2, -0.15) is 0 Å². The quantitative estimate of drug-likeness (QED) is 0.692. The van der Waals surface area contributed by atoms with Crippen LogP contribution in [0.1, 0.15) is 31.6 Å². The minimum Gasteiger partial charge on any atom is -0.481 e. The molecule has 4 nitrogen and oxygen atoms in total. The van der Waals surface area contributed by atoms with Crippen molar-refractivity contribution in [3.05, 3.63) is 35.9 Å². The number of ether oxygens (including phenoxy) is 1. The van der Waals surface area contributed by atoms with E-state index >= 15 is 0 Å². The Hall–Kier alpha value is -1.14. The maximum atomic E-state index is 12.4. The number of aliphatic carboxylic acids is 1. The lowest BCUT2D eigenvalue weighted by Gasteiger charge is -2.19. The molecule has 0 aliphatic carbocycles. The Morgan fingerprint density at radius 3 is 2.36 bits per heavy atom. The first-order chi connectivity index (χ1) is 10.4. The first-order valence-electron chi connectivity index (χ1n) is 7.10. The van der Waals surface area contributed by atoms with Gasteiger partial charge in [0, 0.05) is 10.5 Å². The number of hydrogen-bond donors (Lipinski definition) is 1. The lowest BCUT2D eigenvalue weighted by molar-refractivity contribution is -0.143. The molecule has 2 atom stereocenters. The highest BCUT2D eigenvalue weighted by Crippen LogP contribution is 2.33. The lowest BCUT2D eigenvalue weighted by atomic mass is 10.1. The summed E-state index contributed by atoms with van der Waals surface area (Å²) in [6, 6.07) is 9.56. The van der Waals surface area contributed by atoms with Crippen molar-refractivity contribution in [3.8, 4) is 0 Å². The summed E-state index contributed by atoms with van der Waals surface area (Å²) >= 11 is 2.82. The van der Waals surface area contributed by atoms with Gasteiger partial charge in [-0.05, 0) is 12.5 Å². The number of benzene rings is 1. The van der Waals surface area contributed by atoms with Crippen LogP contribution in [0.25, 0.3) is 0 Å². The van der Waals surface area contributed by atoms with Gasteiger partial charge in [-0.25, -0.2) is 0 Å². The molecule has 0 heterocycles. The molecule has 0 spiro atoms. The molecule has 0 bridgehead atoms. The summed E-state index contributed by atoms with van der Waals surface area (Å²) in [6.45, 7) is 6.16. The average Bonchev–Trinajstić information content (AvgIpc) is 2.48. The number of esters is 1. The fourth-order valence-electron chi connectivity index (χ4n) is 1.71. The summed E-state index contributed by atoms with van der Waals surface area (Å²) in [7, 11) is 0. The molecule has 1 aromatic rings. The van der Waals surface area contributed by atoms with E-state index in [1.54, 1.807) is 11.8 Å². The molecule has 6 heteroatoms. The molecule has 122 valence electrons. The third-order valence-electron chi connectivity index (χ3n) is 2.68. The van der Waals surface area contributed by atoms with Gasteiger partial charge in [0.05, 0.1) is 5.75 Å². The summed E-state index contributed by atoms with van der Waals surface area (Å²) in [5.41, 5.74) is 0.928. The zero-order valence-corrected chi connectivity index (χ0v) is 14.7. The van der Waals surface area contributed by atoms with Gasteiger partial charge >= 0.3 is 11.9 Å². The number of carbonyl (C=O) groups excluding carboxylic acids is 1. The summed E-state index contributed by atoms with van der Waals surface area (Å²) in [6.07, 6.45) is 0. The average molecular weight is 342 g/mol. The predicted octanol–water partition coefficient (Wildman–Crippen LogP) is 3.62. The molecule has 0 aromatic heterocycles. The van der Waals surface area contributed by atoms with Gasteiger partial charge < -0.3 is 9.84 Å². The largest absolute Gasteiger partial charge is 0.481 e. The van der Waals surface area contributed by atoms with Crippen LogP contribution in [0, 0.1) is 0 Å². The van der Waals surface area contributed by atoms with Gasteiger partial charge in [0.15, 0.2) is 0 Å². The van der Waals surface area contributed by atoms with Gasteiger partial charge in [0.2, 0.25) is 0 Å². The zero-order chi connectivity index (χ0) is 16.5. The highest BCUT2D eigenvalue weighted by atomic mass is 32.2. The van der Waals surface area contributed by atoms with Crippen molar-refractivity contribution in [2.24, 2.45) is 0 Å². The number of carboxylic acids is 1. The van der Waals surface area contributed by atoms with E-state index in [2.05, 4.69) is 0 Å². The molecular formula is C16H22O4S2. The van der Waals surface area contributed by atoms with Crippen molar-refractivity contribution in [2.45, 2.75) is 36.5 Å². The Bertz CT molecular complexity index is 476. The Morgan fingerprint density at radius 2 is 1.82 bits per heavy atom. The fraction of sp³-hybridized carbons (Fsp3) is 0.500. The molecule has 0 saturated heterocycles. The van der Waals surface area contributed by atoms with E-state index in [9.17, 15) is 9.59 Å². The summed E-state index contributed by atoms with van der Waals surface area (Å²) < 4.78 is 5.38. The SMILES string of the molecule is CC(C)SC(C(=O)OCC(C)SCC(=O)O)c1ccccc1. The molecule has 1 rings (SSSR count). The van der Waals surface area contributed by atoms with E-state index in [0.29, 0.717) is 5.25 Å². The Kier molecular flexibility index (Phi) is 8.42. The van der Waals surface area contributed by atoms with Gasteiger partial charge in [0.1, 0.15) is 11.9 Å². The van der Waals surface area contributed by atoms with Crippen molar-refractivity contribution >= 4 is 35.5 Å². The topological polar surface area (TPSA) is 63.6 Å². The van der Waals surface area contributed by atoms with Gasteiger partial charge in [-0.15, -0.1) is 23.5 Å². The summed E-state index contributed by atoms with van der Waals surface area (Å²) in [5, 5.41) is 8.56. The van der Waals surface area contributed by atoms with Crippen LogP contribution in [0.15, 0.2) is 30.3 Å². The van der Waals surface area contributed by atoms with Crippen LogP contribution in [0.4, 0.5) is 0 Å². The second-order valence-corrected chi connectivity index (χ2v) is 8.23. The molecular weight excluding hydrogens is 320 g/mol. The van der Waals surface area contributed by atoms with Crippen LogP contribution in [-0.4, -0.2) is 39.9 Å². The monoisotopic (exact) mass is 342 g/mol. The maximum absolute atomic E-state index is 12.4. The van der Waals surface area contributed by atoms with Crippen LogP contribution >= 0.6 is 23.5 Å². The van der Waals surface area contributed by atoms with Crippen LogP contribution in [0.3, 0.4) is 0 Å². The van der Waals surface area contributed by atoms with Crippen LogP contribution < -0.4 is 0 Å². The number of rotatable bonds is 9. The molecule has 1 aromatic carbocycles. The van der Waals surface area contributed by atoms with Crippen molar-refractivity contribution < 1.29 is 19.4 Å². The van der Waals surface area contributed by atoms with Gasteiger partial charge in [-0.3, -0.25) is 9.59 Å². The van der Waals surface area contributed by atoms with E-state index in [1.165, 1.54) is 11.8 Å². The van der Waals surface area contributed by atoms with Crippen LogP contribution in [-0.2, 0) is 14.3 Å². The molecule has 1 N–H and O–H groups in total. The smallest absolute Gasteiger partial charge is 0.323 e. The predicted molar refractivity (Wildman–Crippen MR) is 92.4 cm³/mol. The van der Waals surface area contributed by atoms with Gasteiger partial charge in [-0.1, -0.05) is 44.2 Å². The first-order valence-corrected chi connectivity index (χ1v) is 9.09. The van der Waals surface area contributed by atoms with Crippen molar-refractivity contribution in [2.75, 3.05) is 12.4 Å². The van der Waals surface area contributed by atoms with E-state index in [4.69, 9.17) is 9.84 Å². The number of carboxylic acid groups (broad SMARTS) is 1. The zero-order valence-electron chi connectivity index (χ0n) is 13.0. The Morgan fingerprint density at radius 1 is 1.18 bits per heavy atom. The van der Waals surface area contributed by atoms with E-state index in [-0.39, 0.29) is 28.8 Å². The minimum absolute atomic E-state index is 0.0155. The van der Waals surface area contributed by atoms with Gasteiger partial charge in [0.25, 0.3) is 0 Å².